The molecule has 3 N–H and O–H groups in total. The highest BCUT2D eigenvalue weighted by molar-refractivity contribution is 6.04. The fourth-order valence-electron chi connectivity index (χ4n) is 2.72. The molecule has 0 unspecified atom stereocenters. The Bertz CT molecular complexity index is 689. The Labute approximate surface area is 130 Å². The van der Waals surface area contributed by atoms with Crippen LogP contribution < -0.4 is 16.0 Å². The van der Waals surface area contributed by atoms with Gasteiger partial charge in [0.15, 0.2) is 0 Å². The molecule has 122 valence electrons. The van der Waals surface area contributed by atoms with Gasteiger partial charge in [-0.15, -0.1) is 0 Å². The molecule has 23 heavy (non-hydrogen) atoms. The van der Waals surface area contributed by atoms with Gasteiger partial charge >= 0.3 is 6.03 Å². The van der Waals surface area contributed by atoms with Crippen LogP contribution in [0, 0.1) is 11.6 Å². The summed E-state index contributed by atoms with van der Waals surface area (Å²) in [5, 5.41) is 7.19. The van der Waals surface area contributed by atoms with E-state index in [0.717, 1.165) is 18.2 Å². The molecule has 1 heterocycles. The SMILES string of the molecule is O=C(CC[C@H]1NC(=O)NC1=O)NC1(c2cc(F)ccc2F)CC1. The van der Waals surface area contributed by atoms with Crippen molar-refractivity contribution >= 4 is 17.8 Å². The lowest BCUT2D eigenvalue weighted by Crippen LogP contribution is -2.37. The number of imide groups is 1. The number of carbonyl (C=O) groups excluding carboxylic acids is 3. The highest BCUT2D eigenvalue weighted by Crippen LogP contribution is 2.46. The van der Waals surface area contributed by atoms with E-state index >= 15 is 0 Å². The lowest BCUT2D eigenvalue weighted by Gasteiger charge is -2.19. The molecular weight excluding hydrogens is 308 g/mol. The van der Waals surface area contributed by atoms with Crippen LogP contribution in [0.2, 0.25) is 0 Å². The van der Waals surface area contributed by atoms with Gasteiger partial charge in [-0.1, -0.05) is 0 Å². The number of hydrogen-bond acceptors (Lipinski definition) is 3. The number of nitrogens with one attached hydrogen (secondary N) is 3. The molecule has 2 aliphatic rings. The van der Waals surface area contributed by atoms with E-state index in [9.17, 15) is 23.2 Å². The van der Waals surface area contributed by atoms with Gasteiger partial charge < -0.3 is 10.6 Å². The number of amides is 4. The molecule has 0 bridgehead atoms. The molecule has 0 radical (unpaired) electrons. The predicted octanol–water partition coefficient (Wildman–Crippen LogP) is 1.06. The van der Waals surface area contributed by atoms with Crippen LogP contribution in [0.25, 0.3) is 0 Å². The molecule has 8 heteroatoms. The average Bonchev–Trinajstić information content (AvgIpc) is 3.18. The standard InChI is InChI=1S/C15H15F2N3O3/c16-8-1-2-10(17)9(7-8)15(5-6-15)20-12(21)4-3-11-13(22)19-14(23)18-11/h1-2,7,11H,3-6H2,(H,20,21)(H2,18,19,22,23)/t11-/m1/s1. The maximum atomic E-state index is 13.9. The summed E-state index contributed by atoms with van der Waals surface area (Å²) in [6.07, 6.45) is 1.20. The minimum absolute atomic E-state index is 0.00293. The summed E-state index contributed by atoms with van der Waals surface area (Å²) in [7, 11) is 0. The van der Waals surface area contributed by atoms with E-state index in [-0.39, 0.29) is 24.3 Å². The molecular formula is C15H15F2N3O3. The molecule has 0 spiro atoms. The quantitative estimate of drug-likeness (QED) is 0.708. The van der Waals surface area contributed by atoms with Gasteiger partial charge in [0.1, 0.15) is 17.7 Å². The van der Waals surface area contributed by atoms with Crippen LogP contribution in [-0.4, -0.2) is 23.9 Å². The molecule has 1 aromatic rings. The second-order valence-corrected chi connectivity index (χ2v) is 5.81. The van der Waals surface area contributed by atoms with Crippen molar-refractivity contribution in [2.45, 2.75) is 37.3 Å². The number of halogens is 2. The van der Waals surface area contributed by atoms with Crippen molar-refractivity contribution in [3.05, 3.63) is 35.4 Å². The average molecular weight is 323 g/mol. The summed E-state index contributed by atoms with van der Waals surface area (Å²) in [6.45, 7) is 0. The van der Waals surface area contributed by atoms with Crippen molar-refractivity contribution in [3.63, 3.8) is 0 Å². The zero-order valence-corrected chi connectivity index (χ0v) is 12.1. The van der Waals surface area contributed by atoms with E-state index in [0.29, 0.717) is 12.8 Å². The topological polar surface area (TPSA) is 87.3 Å². The van der Waals surface area contributed by atoms with Gasteiger partial charge in [-0.05, 0) is 37.5 Å². The molecule has 1 saturated heterocycles. The van der Waals surface area contributed by atoms with Crippen LogP contribution in [0.5, 0.6) is 0 Å². The van der Waals surface area contributed by atoms with Crippen LogP contribution in [-0.2, 0) is 15.1 Å². The molecule has 1 atom stereocenters. The van der Waals surface area contributed by atoms with Crippen LogP contribution in [0.3, 0.4) is 0 Å². The Hall–Kier alpha value is -2.51. The van der Waals surface area contributed by atoms with Crippen LogP contribution in [0.1, 0.15) is 31.2 Å². The largest absolute Gasteiger partial charge is 0.346 e. The molecule has 4 amide bonds. The summed E-state index contributed by atoms with van der Waals surface area (Å²) in [4.78, 5) is 34.4. The first-order chi connectivity index (χ1) is 10.9. The predicted molar refractivity (Wildman–Crippen MR) is 75.1 cm³/mol. The van der Waals surface area contributed by atoms with Gasteiger partial charge in [0.2, 0.25) is 5.91 Å². The van der Waals surface area contributed by atoms with E-state index in [1.54, 1.807) is 0 Å². The van der Waals surface area contributed by atoms with Gasteiger partial charge in [-0.25, -0.2) is 13.6 Å². The third-order valence-corrected chi connectivity index (χ3v) is 4.09. The van der Waals surface area contributed by atoms with Crippen LogP contribution in [0.15, 0.2) is 18.2 Å². The molecule has 1 aromatic carbocycles. The minimum Gasteiger partial charge on any atom is -0.346 e. The lowest BCUT2D eigenvalue weighted by atomic mass is 10.0. The first-order valence-electron chi connectivity index (χ1n) is 7.27. The van der Waals surface area contributed by atoms with Crippen LogP contribution in [0.4, 0.5) is 13.6 Å². The second-order valence-electron chi connectivity index (χ2n) is 5.81. The number of urea groups is 1. The van der Waals surface area contributed by atoms with E-state index in [4.69, 9.17) is 0 Å². The Kier molecular flexibility index (Phi) is 3.75. The normalized spacial score (nSPS) is 21.6. The van der Waals surface area contributed by atoms with Gasteiger partial charge in [-0.2, -0.15) is 0 Å². The maximum absolute atomic E-state index is 13.9. The zero-order valence-electron chi connectivity index (χ0n) is 12.1. The minimum atomic E-state index is -0.871. The number of hydrogen-bond donors (Lipinski definition) is 3. The Morgan fingerprint density at radius 2 is 2.04 bits per heavy atom. The maximum Gasteiger partial charge on any atom is 0.322 e. The second kappa shape index (κ2) is 5.60. The summed E-state index contributed by atoms with van der Waals surface area (Å²) in [5.74, 6) is -1.97. The van der Waals surface area contributed by atoms with Crippen LogP contribution >= 0.6 is 0 Å². The first-order valence-corrected chi connectivity index (χ1v) is 7.27. The molecule has 0 aromatic heterocycles. The fourth-order valence-corrected chi connectivity index (χ4v) is 2.72. The van der Waals surface area contributed by atoms with E-state index in [1.165, 1.54) is 0 Å². The van der Waals surface area contributed by atoms with Gasteiger partial charge in [0.05, 0.1) is 5.54 Å². The molecule has 1 aliphatic carbocycles. The van der Waals surface area contributed by atoms with E-state index < -0.39 is 35.2 Å². The summed E-state index contributed by atoms with van der Waals surface area (Å²) < 4.78 is 27.2. The smallest absolute Gasteiger partial charge is 0.322 e. The van der Waals surface area contributed by atoms with Crippen molar-refractivity contribution in [2.75, 3.05) is 0 Å². The Morgan fingerprint density at radius 3 is 2.65 bits per heavy atom. The zero-order chi connectivity index (χ0) is 16.6. The number of carbonyl (C=O) groups is 3. The molecule has 2 fully saturated rings. The van der Waals surface area contributed by atoms with Gasteiger partial charge in [-0.3, -0.25) is 14.9 Å². The van der Waals surface area contributed by atoms with Gasteiger partial charge in [0, 0.05) is 12.0 Å². The Balaban J connectivity index is 1.60. The summed E-state index contributed by atoms with van der Waals surface area (Å²) >= 11 is 0. The van der Waals surface area contributed by atoms with Crippen molar-refractivity contribution in [1.29, 1.82) is 0 Å². The molecule has 3 rings (SSSR count). The Morgan fingerprint density at radius 1 is 1.30 bits per heavy atom. The van der Waals surface area contributed by atoms with Crippen molar-refractivity contribution in [1.82, 2.24) is 16.0 Å². The number of benzene rings is 1. The highest BCUT2D eigenvalue weighted by Gasteiger charge is 2.47. The van der Waals surface area contributed by atoms with Crippen molar-refractivity contribution < 1.29 is 23.2 Å². The molecule has 1 aliphatic heterocycles. The monoisotopic (exact) mass is 323 g/mol. The van der Waals surface area contributed by atoms with Crippen molar-refractivity contribution in [2.24, 2.45) is 0 Å². The first kappa shape index (κ1) is 15.4. The fraction of sp³-hybridized carbons (Fsp3) is 0.400. The van der Waals surface area contributed by atoms with E-state index in [2.05, 4.69) is 16.0 Å². The van der Waals surface area contributed by atoms with E-state index in [1.807, 2.05) is 0 Å². The lowest BCUT2D eigenvalue weighted by molar-refractivity contribution is -0.123. The van der Waals surface area contributed by atoms with Gasteiger partial charge in [0.25, 0.3) is 5.91 Å². The summed E-state index contributed by atoms with van der Waals surface area (Å²) in [5.41, 5.74) is -0.734. The molecule has 1 saturated carbocycles. The number of rotatable bonds is 5. The third-order valence-electron chi connectivity index (χ3n) is 4.09. The highest BCUT2D eigenvalue weighted by atomic mass is 19.1. The van der Waals surface area contributed by atoms with Crippen molar-refractivity contribution in [3.8, 4) is 0 Å². The third kappa shape index (κ3) is 3.15. The molecule has 6 nitrogen and oxygen atoms in total. The summed E-state index contributed by atoms with van der Waals surface area (Å²) in [6, 6.07) is 1.83.